The number of thioether (sulfide) groups is 1. The van der Waals surface area contributed by atoms with E-state index in [4.69, 9.17) is 14.2 Å². The number of rotatable bonds is 4. The van der Waals surface area contributed by atoms with Crippen molar-refractivity contribution in [2.75, 3.05) is 13.2 Å². The van der Waals surface area contributed by atoms with Gasteiger partial charge in [0.25, 0.3) is 0 Å². The summed E-state index contributed by atoms with van der Waals surface area (Å²) in [6, 6.07) is 6.69. The minimum Gasteiger partial charge on any atom is -0.356 e. The molecule has 0 amide bonds. The molecule has 0 N–H and O–H groups in total. The van der Waals surface area contributed by atoms with Gasteiger partial charge in [0.05, 0.1) is 25.1 Å². The molecule has 0 aliphatic carbocycles. The Morgan fingerprint density at radius 2 is 2.10 bits per heavy atom. The summed E-state index contributed by atoms with van der Waals surface area (Å²) in [5.41, 5.74) is 0.571. The van der Waals surface area contributed by atoms with Gasteiger partial charge >= 0.3 is 0 Å². The Kier molecular flexibility index (Phi) is 4.64. The molecule has 0 radical (unpaired) electrons. The van der Waals surface area contributed by atoms with Crippen LogP contribution in [0.3, 0.4) is 0 Å². The summed E-state index contributed by atoms with van der Waals surface area (Å²) in [4.78, 5) is -0.475. The topological polar surface area (TPSA) is 27.7 Å². The van der Waals surface area contributed by atoms with Crippen molar-refractivity contribution < 1.29 is 18.6 Å². The second-order valence-corrected chi connectivity index (χ2v) is 6.89. The minimum atomic E-state index is -0.475. The first-order valence-electron chi connectivity index (χ1n) is 7.14. The molecular weight excluding hydrogens is 291 g/mol. The zero-order valence-electron chi connectivity index (χ0n) is 12.0. The van der Waals surface area contributed by atoms with Crippen LogP contribution in [0.4, 0.5) is 4.39 Å². The fourth-order valence-electron chi connectivity index (χ4n) is 2.38. The van der Waals surface area contributed by atoms with E-state index in [1.165, 1.54) is 6.07 Å². The van der Waals surface area contributed by atoms with E-state index in [2.05, 4.69) is 6.08 Å². The fraction of sp³-hybridized carbons (Fsp3) is 0.500. The van der Waals surface area contributed by atoms with Crippen LogP contribution < -0.4 is 0 Å². The van der Waals surface area contributed by atoms with Gasteiger partial charge in [-0.1, -0.05) is 24.3 Å². The van der Waals surface area contributed by atoms with Crippen LogP contribution in [0, 0.1) is 5.82 Å². The van der Waals surface area contributed by atoms with Crippen LogP contribution in [-0.2, 0) is 20.8 Å². The van der Waals surface area contributed by atoms with E-state index in [-0.39, 0.29) is 24.0 Å². The van der Waals surface area contributed by atoms with Crippen molar-refractivity contribution in [1.29, 1.82) is 0 Å². The molecular formula is C16H19FO3S. The number of hydrogen-bond acceptors (Lipinski definition) is 4. The third-order valence-corrected chi connectivity index (χ3v) is 4.93. The Morgan fingerprint density at radius 1 is 1.33 bits per heavy atom. The first-order valence-corrected chi connectivity index (χ1v) is 8.02. The summed E-state index contributed by atoms with van der Waals surface area (Å²) in [5.74, 6) is -0.233. The van der Waals surface area contributed by atoms with Crippen LogP contribution in [0.1, 0.15) is 18.9 Å². The van der Waals surface area contributed by atoms with Crippen LogP contribution in [0.25, 0.3) is 0 Å². The molecule has 0 aromatic heterocycles. The molecule has 0 spiro atoms. The van der Waals surface area contributed by atoms with E-state index >= 15 is 0 Å². The quantitative estimate of drug-likeness (QED) is 0.796. The van der Waals surface area contributed by atoms with Crippen LogP contribution in [-0.4, -0.2) is 29.7 Å². The number of hydrogen-bond donors (Lipinski definition) is 0. The second-order valence-electron chi connectivity index (χ2n) is 5.30. The molecule has 3 rings (SSSR count). The zero-order chi connectivity index (χ0) is 14.7. The maximum absolute atomic E-state index is 13.6. The average molecular weight is 310 g/mol. The number of ether oxygens (including phenoxy) is 3. The van der Waals surface area contributed by atoms with Gasteiger partial charge < -0.3 is 14.2 Å². The smallest absolute Gasteiger partial charge is 0.172 e. The van der Waals surface area contributed by atoms with Gasteiger partial charge in [0.15, 0.2) is 6.29 Å². The minimum absolute atomic E-state index is 0.121. The lowest BCUT2D eigenvalue weighted by Crippen LogP contribution is -2.33. The summed E-state index contributed by atoms with van der Waals surface area (Å²) >= 11 is 1.64. The maximum atomic E-state index is 13.6. The van der Waals surface area contributed by atoms with Gasteiger partial charge in [-0.15, -0.1) is 11.8 Å². The molecule has 114 valence electrons. The predicted molar refractivity (Wildman–Crippen MR) is 80.4 cm³/mol. The molecule has 2 unspecified atom stereocenters. The molecule has 3 nitrogen and oxygen atoms in total. The van der Waals surface area contributed by atoms with E-state index < -0.39 is 4.93 Å². The Hall–Kier alpha value is -0.880. The molecule has 1 aromatic rings. The molecule has 0 saturated carbocycles. The second kappa shape index (κ2) is 6.48. The van der Waals surface area contributed by atoms with Crippen molar-refractivity contribution in [3.05, 3.63) is 47.8 Å². The lowest BCUT2D eigenvalue weighted by atomic mass is 10.2. The molecule has 1 saturated heterocycles. The zero-order valence-corrected chi connectivity index (χ0v) is 12.8. The SMILES string of the molecule is CC1(OCc2ccccc2F)C=CC(C2OCCCO2)S1. The van der Waals surface area contributed by atoms with Crippen molar-refractivity contribution in [1.82, 2.24) is 0 Å². The highest BCUT2D eigenvalue weighted by Gasteiger charge is 2.37. The Labute approximate surface area is 128 Å². The Balaban J connectivity index is 1.56. The molecule has 2 aliphatic rings. The molecule has 1 aromatic carbocycles. The standard InChI is InChI=1S/C16H19FO3S/c1-16(20-11-12-5-2-3-6-13(12)17)8-7-14(21-16)15-18-9-4-10-19-15/h2-3,5-8,14-15H,4,9-11H2,1H3. The number of halogens is 1. The van der Waals surface area contributed by atoms with E-state index in [9.17, 15) is 4.39 Å². The van der Waals surface area contributed by atoms with Gasteiger partial charge in [-0.05, 0) is 25.5 Å². The van der Waals surface area contributed by atoms with Crippen molar-refractivity contribution >= 4 is 11.8 Å². The van der Waals surface area contributed by atoms with Gasteiger partial charge in [0.2, 0.25) is 0 Å². The normalized spacial score (nSPS) is 29.9. The summed E-state index contributed by atoms with van der Waals surface area (Å²) in [5, 5.41) is 0.121. The third-order valence-electron chi connectivity index (χ3n) is 3.55. The summed E-state index contributed by atoms with van der Waals surface area (Å²) < 4.78 is 30.8. The van der Waals surface area contributed by atoms with Gasteiger partial charge in [-0.3, -0.25) is 0 Å². The van der Waals surface area contributed by atoms with Crippen LogP contribution in [0.15, 0.2) is 36.4 Å². The Morgan fingerprint density at radius 3 is 2.86 bits per heavy atom. The highest BCUT2D eigenvalue weighted by atomic mass is 32.2. The molecule has 21 heavy (non-hydrogen) atoms. The number of benzene rings is 1. The maximum Gasteiger partial charge on any atom is 0.172 e. The first kappa shape index (κ1) is 15.0. The average Bonchev–Trinajstić information content (AvgIpc) is 2.90. The highest BCUT2D eigenvalue weighted by molar-refractivity contribution is 8.01. The van der Waals surface area contributed by atoms with Crippen molar-refractivity contribution in [3.8, 4) is 0 Å². The monoisotopic (exact) mass is 310 g/mol. The van der Waals surface area contributed by atoms with Crippen LogP contribution in [0.2, 0.25) is 0 Å². The first-order chi connectivity index (χ1) is 10.2. The van der Waals surface area contributed by atoms with E-state index in [0.29, 0.717) is 5.56 Å². The van der Waals surface area contributed by atoms with Gasteiger partial charge in [-0.25, -0.2) is 4.39 Å². The van der Waals surface area contributed by atoms with Gasteiger partial charge in [0, 0.05) is 5.56 Å². The van der Waals surface area contributed by atoms with E-state index in [0.717, 1.165) is 19.6 Å². The van der Waals surface area contributed by atoms with Gasteiger partial charge in [-0.2, -0.15) is 0 Å². The summed E-state index contributed by atoms with van der Waals surface area (Å²) in [6.07, 6.45) is 4.80. The molecule has 0 bridgehead atoms. The largest absolute Gasteiger partial charge is 0.356 e. The van der Waals surface area contributed by atoms with Crippen molar-refractivity contribution in [2.45, 2.75) is 36.4 Å². The molecule has 1 fully saturated rings. The highest BCUT2D eigenvalue weighted by Crippen LogP contribution is 2.41. The lowest BCUT2D eigenvalue weighted by molar-refractivity contribution is -0.172. The third kappa shape index (κ3) is 3.66. The molecule has 2 atom stereocenters. The van der Waals surface area contributed by atoms with Crippen molar-refractivity contribution in [2.24, 2.45) is 0 Å². The van der Waals surface area contributed by atoms with E-state index in [1.54, 1.807) is 23.9 Å². The predicted octanol–water partition coefficient (Wildman–Crippen LogP) is 3.49. The Bertz CT molecular complexity index is 516. The molecule has 5 heteroatoms. The van der Waals surface area contributed by atoms with Crippen LogP contribution >= 0.6 is 11.8 Å². The van der Waals surface area contributed by atoms with Crippen LogP contribution in [0.5, 0.6) is 0 Å². The molecule has 2 aliphatic heterocycles. The summed E-state index contributed by atoms with van der Waals surface area (Å²) in [7, 11) is 0. The van der Waals surface area contributed by atoms with E-state index in [1.807, 2.05) is 19.1 Å². The fourth-order valence-corrected chi connectivity index (χ4v) is 3.63. The molecule has 2 heterocycles. The van der Waals surface area contributed by atoms with Crippen molar-refractivity contribution in [3.63, 3.8) is 0 Å². The lowest BCUT2D eigenvalue weighted by Gasteiger charge is -2.30. The summed E-state index contributed by atoms with van der Waals surface area (Å²) in [6.45, 7) is 3.71. The van der Waals surface area contributed by atoms with Gasteiger partial charge in [0.1, 0.15) is 10.8 Å².